The zero-order valence-corrected chi connectivity index (χ0v) is 13.7. The van der Waals surface area contributed by atoms with Crippen LogP contribution in [-0.2, 0) is 12.0 Å². The molecule has 1 aromatic heterocycles. The lowest BCUT2D eigenvalue weighted by Crippen LogP contribution is -2.52. The monoisotopic (exact) mass is 336 g/mol. The van der Waals surface area contributed by atoms with E-state index in [1.165, 1.54) is 18.5 Å². The first kappa shape index (κ1) is 17.0. The van der Waals surface area contributed by atoms with Gasteiger partial charge in [-0.15, -0.1) is 0 Å². The quantitative estimate of drug-likeness (QED) is 0.880. The van der Waals surface area contributed by atoms with Crippen molar-refractivity contribution in [3.05, 3.63) is 47.5 Å². The number of nitrogens with one attached hydrogen (secondary N) is 1. The molecule has 2 unspecified atom stereocenters. The van der Waals surface area contributed by atoms with Gasteiger partial charge in [0.05, 0.1) is 0 Å². The summed E-state index contributed by atoms with van der Waals surface area (Å²) in [5, 5.41) is 18.0. The lowest BCUT2D eigenvalue weighted by Gasteiger charge is -2.42. The Morgan fingerprint density at radius 2 is 2.04 bits per heavy atom. The molecule has 0 amide bonds. The van der Waals surface area contributed by atoms with Gasteiger partial charge in [0.2, 0.25) is 0 Å². The van der Waals surface area contributed by atoms with Crippen molar-refractivity contribution in [2.75, 3.05) is 13.1 Å². The Kier molecular flexibility index (Phi) is 4.91. The van der Waals surface area contributed by atoms with E-state index in [9.17, 15) is 13.9 Å². The molecule has 1 aliphatic rings. The van der Waals surface area contributed by atoms with Crippen LogP contribution < -0.4 is 0 Å². The zero-order valence-electron chi connectivity index (χ0n) is 13.7. The van der Waals surface area contributed by atoms with Crippen LogP contribution in [0.2, 0.25) is 0 Å². The number of likely N-dealkylation sites (tertiary alicyclic amines) is 1. The van der Waals surface area contributed by atoms with Crippen molar-refractivity contribution >= 4 is 0 Å². The molecule has 2 aromatic rings. The van der Waals surface area contributed by atoms with E-state index >= 15 is 0 Å². The van der Waals surface area contributed by atoms with Gasteiger partial charge in [-0.25, -0.2) is 13.8 Å². The number of hydrogen-bond donors (Lipinski definition) is 2. The number of halogens is 2. The maximum atomic E-state index is 14.4. The van der Waals surface area contributed by atoms with Gasteiger partial charge in [0.1, 0.15) is 29.4 Å². The Hall–Kier alpha value is -1.86. The lowest BCUT2D eigenvalue weighted by atomic mass is 9.82. The van der Waals surface area contributed by atoms with Crippen molar-refractivity contribution in [2.45, 2.75) is 44.2 Å². The van der Waals surface area contributed by atoms with Crippen LogP contribution in [0.25, 0.3) is 0 Å². The van der Waals surface area contributed by atoms with E-state index in [0.717, 1.165) is 38.4 Å². The number of benzene rings is 1. The van der Waals surface area contributed by atoms with Crippen LogP contribution in [0.3, 0.4) is 0 Å². The average Bonchev–Trinajstić information content (AvgIpc) is 3.07. The Morgan fingerprint density at radius 1 is 1.29 bits per heavy atom. The van der Waals surface area contributed by atoms with Crippen molar-refractivity contribution in [1.29, 1.82) is 0 Å². The summed E-state index contributed by atoms with van der Waals surface area (Å²) in [7, 11) is 0. The van der Waals surface area contributed by atoms with Crippen molar-refractivity contribution < 1.29 is 13.9 Å². The van der Waals surface area contributed by atoms with E-state index < -0.39 is 17.2 Å². The van der Waals surface area contributed by atoms with E-state index in [1.807, 2.05) is 6.92 Å². The number of aromatic nitrogens is 3. The molecule has 1 aliphatic heterocycles. The molecule has 0 saturated carbocycles. The number of aliphatic hydroxyl groups is 1. The second kappa shape index (κ2) is 6.94. The minimum absolute atomic E-state index is 0.0766. The standard InChI is InChI=1S/C17H22F2N4O/c1-12(23-7-3-2-4-8-23)17(24,10-16-20-11-21-22-16)14-6-5-13(18)9-15(14)19/h5-6,9,11-12,24H,2-4,7-8,10H2,1H3,(H,20,21,22). The van der Waals surface area contributed by atoms with Crippen molar-refractivity contribution in [2.24, 2.45) is 0 Å². The molecule has 0 bridgehead atoms. The lowest BCUT2D eigenvalue weighted by molar-refractivity contribution is -0.0547. The second-order valence-electron chi connectivity index (χ2n) is 6.43. The van der Waals surface area contributed by atoms with E-state index in [-0.39, 0.29) is 18.0 Å². The number of nitrogens with zero attached hydrogens (tertiary/aromatic N) is 3. The smallest absolute Gasteiger partial charge is 0.137 e. The molecule has 5 nitrogen and oxygen atoms in total. The average molecular weight is 336 g/mol. The predicted molar refractivity (Wildman–Crippen MR) is 85.2 cm³/mol. The fourth-order valence-electron chi connectivity index (χ4n) is 3.49. The molecule has 0 spiro atoms. The van der Waals surface area contributed by atoms with Crippen LogP contribution in [0.1, 0.15) is 37.6 Å². The molecule has 24 heavy (non-hydrogen) atoms. The largest absolute Gasteiger partial charge is 0.383 e. The number of piperidine rings is 1. The number of aromatic amines is 1. The highest BCUT2D eigenvalue weighted by Crippen LogP contribution is 2.34. The van der Waals surface area contributed by atoms with Gasteiger partial charge in [-0.2, -0.15) is 5.10 Å². The summed E-state index contributed by atoms with van der Waals surface area (Å²) in [4.78, 5) is 6.22. The molecule has 1 aromatic carbocycles. The molecular formula is C17H22F2N4O. The third-order valence-electron chi connectivity index (χ3n) is 4.93. The molecule has 7 heteroatoms. The van der Waals surface area contributed by atoms with Crippen LogP contribution in [-0.4, -0.2) is 44.3 Å². The molecule has 3 rings (SSSR count). The molecule has 1 fully saturated rings. The molecule has 130 valence electrons. The Morgan fingerprint density at radius 3 is 2.67 bits per heavy atom. The van der Waals surface area contributed by atoms with E-state index in [0.29, 0.717) is 5.82 Å². The van der Waals surface area contributed by atoms with Gasteiger partial charge in [0.15, 0.2) is 0 Å². The van der Waals surface area contributed by atoms with E-state index in [4.69, 9.17) is 0 Å². The van der Waals surface area contributed by atoms with Gasteiger partial charge in [-0.1, -0.05) is 12.5 Å². The predicted octanol–water partition coefficient (Wildman–Crippen LogP) is 2.39. The second-order valence-corrected chi connectivity index (χ2v) is 6.43. The fraction of sp³-hybridized carbons (Fsp3) is 0.529. The summed E-state index contributed by atoms with van der Waals surface area (Å²) < 4.78 is 27.7. The van der Waals surface area contributed by atoms with Crippen molar-refractivity contribution in [3.8, 4) is 0 Å². The van der Waals surface area contributed by atoms with Gasteiger partial charge in [-0.3, -0.25) is 10.00 Å². The summed E-state index contributed by atoms with van der Waals surface area (Å²) in [5.41, 5.74) is -1.45. The number of H-pyrrole nitrogens is 1. The van der Waals surface area contributed by atoms with Crippen LogP contribution in [0.15, 0.2) is 24.5 Å². The minimum Gasteiger partial charge on any atom is -0.383 e. The highest BCUT2D eigenvalue weighted by atomic mass is 19.1. The Labute approximate surface area is 139 Å². The SMILES string of the molecule is CC(N1CCCCC1)C(O)(Cc1ncn[nH]1)c1ccc(F)cc1F. The maximum absolute atomic E-state index is 14.4. The number of rotatable bonds is 5. The van der Waals surface area contributed by atoms with Gasteiger partial charge in [-0.05, 0) is 38.9 Å². The van der Waals surface area contributed by atoms with Crippen LogP contribution in [0, 0.1) is 11.6 Å². The molecule has 2 atom stereocenters. The van der Waals surface area contributed by atoms with Crippen molar-refractivity contribution in [3.63, 3.8) is 0 Å². The molecular weight excluding hydrogens is 314 g/mol. The highest BCUT2D eigenvalue weighted by molar-refractivity contribution is 5.28. The van der Waals surface area contributed by atoms with Gasteiger partial charge in [0.25, 0.3) is 0 Å². The summed E-state index contributed by atoms with van der Waals surface area (Å²) in [6.45, 7) is 3.58. The third kappa shape index (κ3) is 3.32. The first-order valence-electron chi connectivity index (χ1n) is 8.27. The molecule has 1 saturated heterocycles. The number of hydrogen-bond acceptors (Lipinski definition) is 4. The summed E-state index contributed by atoms with van der Waals surface area (Å²) >= 11 is 0. The Balaban J connectivity index is 1.98. The van der Waals surface area contributed by atoms with Crippen LogP contribution in [0.4, 0.5) is 8.78 Å². The Bertz CT molecular complexity index is 673. The topological polar surface area (TPSA) is 65.0 Å². The summed E-state index contributed by atoms with van der Waals surface area (Å²) in [6, 6.07) is 2.96. The minimum atomic E-state index is -1.53. The fourth-order valence-corrected chi connectivity index (χ4v) is 3.49. The molecule has 2 heterocycles. The van der Waals surface area contributed by atoms with Gasteiger partial charge < -0.3 is 5.11 Å². The van der Waals surface area contributed by atoms with Crippen molar-refractivity contribution in [1.82, 2.24) is 20.1 Å². The first-order chi connectivity index (χ1) is 11.5. The van der Waals surface area contributed by atoms with E-state index in [2.05, 4.69) is 20.1 Å². The normalized spacial score (nSPS) is 19.8. The first-order valence-corrected chi connectivity index (χ1v) is 8.27. The van der Waals surface area contributed by atoms with Gasteiger partial charge in [0, 0.05) is 24.1 Å². The molecule has 0 radical (unpaired) electrons. The van der Waals surface area contributed by atoms with E-state index in [1.54, 1.807) is 0 Å². The molecule has 2 N–H and O–H groups in total. The third-order valence-corrected chi connectivity index (χ3v) is 4.93. The molecule has 0 aliphatic carbocycles. The summed E-state index contributed by atoms with van der Waals surface area (Å²) in [5.74, 6) is -0.949. The highest BCUT2D eigenvalue weighted by Gasteiger charge is 2.42. The maximum Gasteiger partial charge on any atom is 0.137 e. The zero-order chi connectivity index (χ0) is 17.2. The summed E-state index contributed by atoms with van der Waals surface area (Å²) in [6.07, 6.45) is 4.69. The van der Waals surface area contributed by atoms with Crippen LogP contribution >= 0.6 is 0 Å². The van der Waals surface area contributed by atoms with Gasteiger partial charge >= 0.3 is 0 Å². The van der Waals surface area contributed by atoms with Crippen LogP contribution in [0.5, 0.6) is 0 Å².